The first-order valence-electron chi connectivity index (χ1n) is 5.92. The van der Waals surface area contributed by atoms with Gasteiger partial charge >= 0.3 is 0 Å². The lowest BCUT2D eigenvalue weighted by Gasteiger charge is -2.18. The molecule has 0 aliphatic carbocycles. The summed E-state index contributed by atoms with van der Waals surface area (Å²) in [6.07, 6.45) is 3.83. The number of piperidine rings is 1. The molecule has 2 aromatic heterocycles. The Labute approximate surface area is 99.0 Å². The highest BCUT2D eigenvalue weighted by Gasteiger charge is 2.19. The topological polar surface area (TPSA) is 68.8 Å². The molecule has 1 N–H and O–H groups in total. The first-order chi connectivity index (χ1) is 8.42. The Kier molecular flexibility index (Phi) is 2.87. The van der Waals surface area contributed by atoms with Gasteiger partial charge in [0.15, 0.2) is 5.82 Å². The normalized spacial score (nSPS) is 17.4. The average molecular weight is 233 g/mol. The molecule has 0 saturated carbocycles. The molecule has 0 radical (unpaired) electrons. The summed E-state index contributed by atoms with van der Waals surface area (Å²) in [5, 5.41) is 15.9. The fraction of sp³-hybridized carbons (Fsp3) is 0.545. The Morgan fingerprint density at radius 1 is 1.41 bits per heavy atom. The molecule has 1 fully saturated rings. The van der Waals surface area contributed by atoms with Crippen molar-refractivity contribution in [2.75, 3.05) is 13.1 Å². The van der Waals surface area contributed by atoms with Crippen LogP contribution in [-0.4, -0.2) is 33.3 Å². The van der Waals surface area contributed by atoms with Gasteiger partial charge in [-0.05, 0) is 43.3 Å². The van der Waals surface area contributed by atoms with Crippen LogP contribution < -0.4 is 5.32 Å². The van der Waals surface area contributed by atoms with E-state index in [2.05, 4.69) is 20.7 Å². The van der Waals surface area contributed by atoms with Crippen molar-refractivity contribution in [3.63, 3.8) is 0 Å². The summed E-state index contributed by atoms with van der Waals surface area (Å²) in [6.45, 7) is 2.62. The van der Waals surface area contributed by atoms with E-state index in [1.165, 1.54) is 0 Å². The van der Waals surface area contributed by atoms with E-state index < -0.39 is 0 Å². The molecule has 0 unspecified atom stereocenters. The Morgan fingerprint density at radius 2 is 2.29 bits per heavy atom. The van der Waals surface area contributed by atoms with Crippen LogP contribution in [0.5, 0.6) is 0 Å². The Morgan fingerprint density at radius 3 is 3.06 bits per heavy atom. The number of hydrogen-bond acceptors (Lipinski definition) is 5. The van der Waals surface area contributed by atoms with Crippen molar-refractivity contribution in [3.8, 4) is 0 Å². The molecule has 0 bridgehead atoms. The van der Waals surface area contributed by atoms with Gasteiger partial charge in [-0.3, -0.25) is 0 Å². The minimum Gasteiger partial charge on any atom is -0.467 e. The van der Waals surface area contributed by atoms with Crippen LogP contribution in [0.2, 0.25) is 0 Å². The quantitative estimate of drug-likeness (QED) is 0.848. The second-order valence-corrected chi connectivity index (χ2v) is 4.28. The van der Waals surface area contributed by atoms with Gasteiger partial charge in [-0.25, -0.2) is 0 Å². The van der Waals surface area contributed by atoms with Crippen LogP contribution in [0.3, 0.4) is 0 Å². The Hall–Kier alpha value is -1.69. The van der Waals surface area contributed by atoms with Crippen molar-refractivity contribution in [1.82, 2.24) is 25.5 Å². The van der Waals surface area contributed by atoms with Crippen LogP contribution in [0.15, 0.2) is 22.8 Å². The molecule has 6 nitrogen and oxygen atoms in total. The molecule has 1 aliphatic heterocycles. The molecule has 0 aromatic carbocycles. The van der Waals surface area contributed by atoms with E-state index in [9.17, 15) is 0 Å². The lowest BCUT2D eigenvalue weighted by molar-refractivity contribution is 0.435. The van der Waals surface area contributed by atoms with Gasteiger partial charge in [0.2, 0.25) is 0 Å². The van der Waals surface area contributed by atoms with Crippen molar-refractivity contribution in [2.45, 2.75) is 25.3 Å². The van der Waals surface area contributed by atoms with Gasteiger partial charge in [0.1, 0.15) is 12.3 Å². The van der Waals surface area contributed by atoms with Crippen LogP contribution in [0.4, 0.5) is 0 Å². The number of tetrazole rings is 1. The zero-order chi connectivity index (χ0) is 11.5. The molecule has 90 valence electrons. The largest absolute Gasteiger partial charge is 0.467 e. The number of nitrogens with zero attached hydrogens (tertiary/aromatic N) is 4. The molecular formula is C11H15N5O. The van der Waals surface area contributed by atoms with E-state index in [0.29, 0.717) is 12.5 Å². The molecule has 2 aromatic rings. The maximum Gasteiger partial charge on any atom is 0.177 e. The predicted octanol–water partition coefficient (Wildman–Crippen LogP) is 0.781. The summed E-state index contributed by atoms with van der Waals surface area (Å²) < 4.78 is 5.25. The minimum absolute atomic E-state index is 0.446. The predicted molar refractivity (Wildman–Crippen MR) is 60.5 cm³/mol. The number of nitrogens with one attached hydrogen (secondary N) is 1. The zero-order valence-corrected chi connectivity index (χ0v) is 9.54. The van der Waals surface area contributed by atoms with Crippen molar-refractivity contribution < 1.29 is 4.42 Å². The Balaban J connectivity index is 1.69. The SMILES string of the molecule is c1coc(Cn2nnc(C3CCNCC3)n2)c1. The summed E-state index contributed by atoms with van der Waals surface area (Å²) in [5.41, 5.74) is 0. The molecule has 1 saturated heterocycles. The second-order valence-electron chi connectivity index (χ2n) is 4.28. The molecule has 6 heteroatoms. The van der Waals surface area contributed by atoms with Crippen molar-refractivity contribution in [2.24, 2.45) is 0 Å². The number of furan rings is 1. The van der Waals surface area contributed by atoms with E-state index in [4.69, 9.17) is 4.42 Å². The Bertz CT molecular complexity index is 458. The first-order valence-corrected chi connectivity index (χ1v) is 5.92. The number of rotatable bonds is 3. The molecule has 17 heavy (non-hydrogen) atoms. The highest BCUT2D eigenvalue weighted by atomic mass is 16.3. The number of aromatic nitrogens is 4. The number of hydrogen-bond donors (Lipinski definition) is 1. The summed E-state index contributed by atoms with van der Waals surface area (Å²) in [5.74, 6) is 2.15. The van der Waals surface area contributed by atoms with Gasteiger partial charge in [0.25, 0.3) is 0 Å². The summed E-state index contributed by atoms with van der Waals surface area (Å²) in [7, 11) is 0. The van der Waals surface area contributed by atoms with Crippen LogP contribution in [0.25, 0.3) is 0 Å². The lowest BCUT2D eigenvalue weighted by atomic mass is 9.98. The third-order valence-electron chi connectivity index (χ3n) is 3.05. The van der Waals surface area contributed by atoms with E-state index in [1.807, 2.05) is 12.1 Å². The molecule has 0 spiro atoms. The maximum absolute atomic E-state index is 5.25. The molecular weight excluding hydrogens is 218 g/mol. The van der Waals surface area contributed by atoms with Crippen LogP contribution >= 0.6 is 0 Å². The fourth-order valence-corrected chi connectivity index (χ4v) is 2.11. The van der Waals surface area contributed by atoms with Crippen LogP contribution in [0, 0.1) is 0 Å². The van der Waals surface area contributed by atoms with Gasteiger partial charge in [-0.1, -0.05) is 0 Å². The summed E-state index contributed by atoms with van der Waals surface area (Å²) >= 11 is 0. The van der Waals surface area contributed by atoms with Gasteiger partial charge < -0.3 is 9.73 Å². The van der Waals surface area contributed by atoms with Crippen LogP contribution in [0.1, 0.15) is 30.3 Å². The molecule has 1 aliphatic rings. The monoisotopic (exact) mass is 233 g/mol. The average Bonchev–Trinajstić information content (AvgIpc) is 3.02. The minimum atomic E-state index is 0.446. The fourth-order valence-electron chi connectivity index (χ4n) is 2.11. The smallest absolute Gasteiger partial charge is 0.177 e. The van der Waals surface area contributed by atoms with Crippen LogP contribution in [-0.2, 0) is 6.54 Å². The zero-order valence-electron chi connectivity index (χ0n) is 9.54. The third kappa shape index (κ3) is 2.36. The second kappa shape index (κ2) is 4.67. The van der Waals surface area contributed by atoms with E-state index in [1.54, 1.807) is 11.1 Å². The van der Waals surface area contributed by atoms with Gasteiger partial charge in [0.05, 0.1) is 6.26 Å². The third-order valence-corrected chi connectivity index (χ3v) is 3.05. The standard InChI is InChI=1S/C11H15N5O/c1-2-10(17-7-1)8-16-14-11(13-15-16)9-3-5-12-6-4-9/h1-2,7,9,12H,3-6,8H2. The van der Waals surface area contributed by atoms with E-state index in [-0.39, 0.29) is 0 Å². The highest BCUT2D eigenvalue weighted by molar-refractivity contribution is 4.98. The highest BCUT2D eigenvalue weighted by Crippen LogP contribution is 2.20. The van der Waals surface area contributed by atoms with Gasteiger partial charge in [0, 0.05) is 5.92 Å². The lowest BCUT2D eigenvalue weighted by Crippen LogP contribution is -2.27. The van der Waals surface area contributed by atoms with E-state index in [0.717, 1.165) is 37.5 Å². The molecule has 0 amide bonds. The first kappa shape index (κ1) is 10.5. The van der Waals surface area contributed by atoms with Crippen molar-refractivity contribution in [3.05, 3.63) is 30.0 Å². The summed E-state index contributed by atoms with van der Waals surface area (Å²) in [4.78, 5) is 1.59. The van der Waals surface area contributed by atoms with Crippen molar-refractivity contribution >= 4 is 0 Å². The molecule has 3 rings (SSSR count). The molecule has 0 atom stereocenters. The van der Waals surface area contributed by atoms with Crippen molar-refractivity contribution in [1.29, 1.82) is 0 Å². The van der Waals surface area contributed by atoms with E-state index >= 15 is 0 Å². The maximum atomic E-state index is 5.25. The van der Waals surface area contributed by atoms with Gasteiger partial charge in [-0.15, -0.1) is 10.2 Å². The summed E-state index contributed by atoms with van der Waals surface area (Å²) in [6, 6.07) is 3.77. The van der Waals surface area contributed by atoms with Gasteiger partial charge in [-0.2, -0.15) is 4.80 Å². The molecule has 3 heterocycles.